The van der Waals surface area contributed by atoms with E-state index in [2.05, 4.69) is 15.9 Å². The first-order valence-corrected chi connectivity index (χ1v) is 4.77. The minimum absolute atomic E-state index is 0.124. The van der Waals surface area contributed by atoms with Crippen LogP contribution in [0.5, 0.6) is 0 Å². The van der Waals surface area contributed by atoms with Gasteiger partial charge in [-0.1, -0.05) is 29.8 Å². The van der Waals surface area contributed by atoms with E-state index in [1.807, 2.05) is 13.8 Å². The molecule has 0 aliphatic rings. The molecule has 0 unspecified atom stereocenters. The predicted octanol–water partition coefficient (Wildman–Crippen LogP) is 3.36. The molecule has 0 radical (unpaired) electrons. The van der Waals surface area contributed by atoms with Gasteiger partial charge < -0.3 is 0 Å². The molecule has 0 heterocycles. The van der Waals surface area contributed by atoms with Crippen LogP contribution in [0.4, 0.5) is 4.39 Å². The number of benzene rings is 1. The summed E-state index contributed by atoms with van der Waals surface area (Å²) in [5.74, 6) is -0.761. The Morgan fingerprint density at radius 1 is 1.14 bits per heavy atom. The summed E-state index contributed by atoms with van der Waals surface area (Å²) < 4.78 is 13.5. The number of hydrogen-bond donors (Lipinski definition) is 0. The van der Waals surface area contributed by atoms with E-state index in [4.69, 9.17) is 10.5 Å². The minimum Gasteiger partial charge on any atom is -0.204 e. The Morgan fingerprint density at radius 2 is 1.50 bits per heavy atom. The molecule has 4 heteroatoms. The van der Waals surface area contributed by atoms with Crippen molar-refractivity contribution in [3.8, 4) is 12.1 Å². The van der Waals surface area contributed by atoms with E-state index >= 15 is 0 Å². The van der Waals surface area contributed by atoms with Gasteiger partial charge in [0, 0.05) is 4.47 Å². The Morgan fingerprint density at radius 3 is 1.79 bits per heavy atom. The van der Waals surface area contributed by atoms with Gasteiger partial charge in [-0.2, -0.15) is 10.5 Å². The van der Waals surface area contributed by atoms with Crippen molar-refractivity contribution < 1.29 is 4.39 Å². The van der Waals surface area contributed by atoms with E-state index in [-0.39, 0.29) is 11.1 Å². The number of nitrogens with zero attached hydrogens (tertiary/aromatic N) is 2. The molecule has 0 aliphatic heterocycles. The molecular weight excluding hydrogens is 247 g/mol. The van der Waals surface area contributed by atoms with Crippen LogP contribution in [0.25, 0.3) is 0 Å². The lowest BCUT2D eigenvalue weighted by Crippen LogP contribution is -1.89. The molecule has 1 rings (SSSR count). The summed E-state index contributed by atoms with van der Waals surface area (Å²) >= 11 is 3.06. The molecule has 0 fully saturated rings. The summed E-state index contributed by atoms with van der Waals surface area (Å²) in [6, 6.07) is 5.97. The average molecular weight is 255 g/mol. The largest absolute Gasteiger partial charge is 0.204 e. The highest BCUT2D eigenvalue weighted by Gasteiger charge is 2.08. The van der Waals surface area contributed by atoms with Gasteiger partial charge in [0.25, 0.3) is 0 Å². The van der Waals surface area contributed by atoms with Gasteiger partial charge in [0.15, 0.2) is 5.82 Å². The van der Waals surface area contributed by atoms with Crippen molar-refractivity contribution in [2.24, 2.45) is 0 Å². The van der Waals surface area contributed by atoms with Gasteiger partial charge in [-0.15, -0.1) is 0 Å². The summed E-state index contributed by atoms with van der Waals surface area (Å²) in [5, 5.41) is 16.9. The molecule has 1 aromatic carbocycles. The molecule has 0 saturated heterocycles. The zero-order valence-electron chi connectivity index (χ0n) is 7.81. The Labute approximate surface area is 90.7 Å². The van der Waals surface area contributed by atoms with Crippen LogP contribution in [0, 0.1) is 28.5 Å². The van der Waals surface area contributed by atoms with Crippen LogP contribution in [0.15, 0.2) is 16.6 Å². The van der Waals surface area contributed by atoms with E-state index in [0.29, 0.717) is 4.47 Å². The van der Waals surface area contributed by atoms with Gasteiger partial charge in [0.2, 0.25) is 0 Å². The first kappa shape index (κ1) is 12.6. The van der Waals surface area contributed by atoms with E-state index in [0.717, 1.165) is 0 Å². The van der Waals surface area contributed by atoms with E-state index in [1.54, 1.807) is 12.1 Å². The molecule has 0 saturated carbocycles. The maximum Gasteiger partial charge on any atom is 0.158 e. The fraction of sp³-hybridized carbons (Fsp3) is 0.200. The van der Waals surface area contributed by atoms with Crippen molar-refractivity contribution in [2.75, 3.05) is 0 Å². The van der Waals surface area contributed by atoms with Gasteiger partial charge >= 0.3 is 0 Å². The summed E-state index contributed by atoms with van der Waals surface area (Å²) in [7, 11) is 0. The smallest absolute Gasteiger partial charge is 0.158 e. The van der Waals surface area contributed by atoms with Crippen LogP contribution in [-0.4, -0.2) is 0 Å². The fourth-order valence-corrected chi connectivity index (χ4v) is 1.21. The summed E-state index contributed by atoms with van der Waals surface area (Å²) in [4.78, 5) is 0. The summed E-state index contributed by atoms with van der Waals surface area (Å²) in [6.45, 7) is 4.00. The third-order valence-corrected chi connectivity index (χ3v) is 1.74. The molecule has 0 bridgehead atoms. The number of halogens is 2. The molecule has 0 aromatic heterocycles. The van der Waals surface area contributed by atoms with Crippen LogP contribution < -0.4 is 0 Å². The van der Waals surface area contributed by atoms with Gasteiger partial charge in [-0.05, 0) is 12.1 Å². The molecule has 0 atom stereocenters. The van der Waals surface area contributed by atoms with Gasteiger partial charge in [-0.25, -0.2) is 4.39 Å². The first-order chi connectivity index (χ1) is 6.69. The Balaban J connectivity index is 0.000000791. The molecule has 0 aliphatic carbocycles. The lowest BCUT2D eigenvalue weighted by atomic mass is 10.1. The van der Waals surface area contributed by atoms with Crippen molar-refractivity contribution in [1.29, 1.82) is 10.5 Å². The lowest BCUT2D eigenvalue weighted by Gasteiger charge is -1.96. The monoisotopic (exact) mass is 254 g/mol. The molecule has 0 spiro atoms. The molecule has 1 aromatic rings. The van der Waals surface area contributed by atoms with E-state index in [1.165, 1.54) is 12.1 Å². The quantitative estimate of drug-likeness (QED) is 0.713. The minimum atomic E-state index is -0.761. The zero-order chi connectivity index (χ0) is 11.1. The van der Waals surface area contributed by atoms with Crippen molar-refractivity contribution >= 4 is 15.9 Å². The van der Waals surface area contributed by atoms with Crippen LogP contribution in [0.1, 0.15) is 25.0 Å². The topological polar surface area (TPSA) is 47.6 Å². The highest BCUT2D eigenvalue weighted by molar-refractivity contribution is 9.10. The lowest BCUT2D eigenvalue weighted by molar-refractivity contribution is 0.619. The van der Waals surface area contributed by atoms with Crippen LogP contribution >= 0.6 is 15.9 Å². The third-order valence-electron chi connectivity index (χ3n) is 1.28. The van der Waals surface area contributed by atoms with E-state index < -0.39 is 5.82 Å². The Bertz CT molecular complexity index is 367. The number of nitriles is 2. The standard InChI is InChI=1S/C8H2BrFN2.C2H6/c9-7-1-5(3-11)8(10)6(2-7)4-12;1-2/h1-2H;1-2H3. The van der Waals surface area contributed by atoms with Crippen molar-refractivity contribution in [2.45, 2.75) is 13.8 Å². The maximum absolute atomic E-state index is 13.0. The molecule has 14 heavy (non-hydrogen) atoms. The first-order valence-electron chi connectivity index (χ1n) is 3.98. The Kier molecular flexibility index (Phi) is 5.52. The number of rotatable bonds is 0. The predicted molar refractivity (Wildman–Crippen MR) is 54.9 cm³/mol. The highest BCUT2D eigenvalue weighted by Crippen LogP contribution is 2.18. The van der Waals surface area contributed by atoms with Crippen LogP contribution in [0.3, 0.4) is 0 Å². The second-order valence-electron chi connectivity index (χ2n) is 2.04. The van der Waals surface area contributed by atoms with Gasteiger partial charge in [0.1, 0.15) is 12.1 Å². The third kappa shape index (κ3) is 2.83. The summed E-state index contributed by atoms with van der Waals surface area (Å²) in [5.41, 5.74) is -0.248. The van der Waals surface area contributed by atoms with Crippen molar-refractivity contribution in [1.82, 2.24) is 0 Å². The maximum atomic E-state index is 13.0. The highest BCUT2D eigenvalue weighted by atomic mass is 79.9. The van der Waals surface area contributed by atoms with Crippen LogP contribution in [0.2, 0.25) is 0 Å². The molecular formula is C10H8BrFN2. The molecule has 0 N–H and O–H groups in total. The summed E-state index contributed by atoms with van der Waals surface area (Å²) in [6.07, 6.45) is 0. The molecule has 72 valence electrons. The SMILES string of the molecule is CC.N#Cc1cc(Br)cc(C#N)c1F. The average Bonchev–Trinajstić information content (AvgIpc) is 2.23. The second-order valence-corrected chi connectivity index (χ2v) is 2.95. The van der Waals surface area contributed by atoms with Crippen molar-refractivity contribution in [3.05, 3.63) is 33.5 Å². The number of hydrogen-bond acceptors (Lipinski definition) is 2. The second kappa shape index (κ2) is 6.12. The Hall–Kier alpha value is -1.39. The van der Waals surface area contributed by atoms with Gasteiger partial charge in [0.05, 0.1) is 11.1 Å². The normalized spacial score (nSPS) is 7.86. The van der Waals surface area contributed by atoms with Crippen LogP contribution in [-0.2, 0) is 0 Å². The molecule has 2 nitrogen and oxygen atoms in total. The van der Waals surface area contributed by atoms with Gasteiger partial charge in [-0.3, -0.25) is 0 Å². The molecule has 0 amide bonds. The fourth-order valence-electron chi connectivity index (χ4n) is 0.752. The van der Waals surface area contributed by atoms with E-state index in [9.17, 15) is 4.39 Å². The zero-order valence-corrected chi connectivity index (χ0v) is 9.39. The van der Waals surface area contributed by atoms with Crippen molar-refractivity contribution in [3.63, 3.8) is 0 Å².